The first-order chi connectivity index (χ1) is 14.0. The van der Waals surface area contributed by atoms with Crippen LogP contribution >= 0.6 is 0 Å². The van der Waals surface area contributed by atoms with Gasteiger partial charge in [0.1, 0.15) is 0 Å². The minimum absolute atomic E-state index is 0.0340. The summed E-state index contributed by atoms with van der Waals surface area (Å²) >= 11 is 0. The molecule has 4 atom stereocenters. The van der Waals surface area contributed by atoms with Crippen LogP contribution in [0.3, 0.4) is 0 Å². The number of nitrogens with one attached hydrogen (secondary N) is 3. The number of aliphatic carboxylic acids is 1. The quantitative estimate of drug-likeness (QED) is 0.275. The Labute approximate surface area is 172 Å². The third kappa shape index (κ3) is 8.04. The van der Waals surface area contributed by atoms with E-state index in [1.807, 2.05) is 6.08 Å². The molecule has 0 aromatic heterocycles. The first-order valence-corrected chi connectivity index (χ1v) is 10.8. The molecule has 0 spiro atoms. The van der Waals surface area contributed by atoms with E-state index in [9.17, 15) is 14.4 Å². The Hall–Kier alpha value is -2.09. The fourth-order valence-corrected chi connectivity index (χ4v) is 4.12. The van der Waals surface area contributed by atoms with E-state index in [0.717, 1.165) is 38.5 Å². The van der Waals surface area contributed by atoms with Crippen molar-refractivity contribution in [3.05, 3.63) is 12.2 Å². The van der Waals surface area contributed by atoms with Crippen LogP contribution < -0.4 is 16.0 Å². The molecule has 4 N–H and O–H groups in total. The van der Waals surface area contributed by atoms with Gasteiger partial charge in [0.2, 0.25) is 5.91 Å². The van der Waals surface area contributed by atoms with Crippen LogP contribution in [0.1, 0.15) is 58.3 Å². The number of rotatable bonds is 13. The number of unbranched alkanes of at least 4 members (excludes halogenated alkanes) is 2. The number of carbonyl (C=O) groups is 3. The fraction of sp³-hybridized carbons (Fsp3) is 0.762. The van der Waals surface area contributed by atoms with Crippen LogP contribution in [0.25, 0.3) is 0 Å². The highest BCUT2D eigenvalue weighted by Crippen LogP contribution is 2.44. The van der Waals surface area contributed by atoms with Gasteiger partial charge in [-0.1, -0.05) is 25.5 Å². The Balaban J connectivity index is 1.68. The Morgan fingerprint density at radius 2 is 1.79 bits per heavy atom. The normalized spacial score (nSPS) is 25.3. The number of carboxylic acids is 1. The van der Waals surface area contributed by atoms with Gasteiger partial charge in [-0.3, -0.25) is 9.59 Å². The Morgan fingerprint density at radius 3 is 2.52 bits per heavy atom. The van der Waals surface area contributed by atoms with E-state index in [-0.39, 0.29) is 43.0 Å². The van der Waals surface area contributed by atoms with E-state index in [2.05, 4.69) is 29.0 Å². The number of fused-ring (bicyclic) bond motifs is 2. The van der Waals surface area contributed by atoms with Crippen LogP contribution in [0.4, 0.5) is 4.79 Å². The first kappa shape index (κ1) is 23.2. The molecule has 0 aliphatic carbocycles. The smallest absolute Gasteiger partial charge is 0.315 e. The zero-order valence-electron chi connectivity index (χ0n) is 17.3. The SMILES string of the molecule is CCCCNC(=O)NCC(=O)NCC1[C@@H](C/C=C\CCCC(=O)O)[C@@H]2CC[C@H]1O2. The summed E-state index contributed by atoms with van der Waals surface area (Å²) in [5.41, 5.74) is 0. The molecule has 8 heteroatoms. The molecule has 2 rings (SSSR count). The van der Waals surface area contributed by atoms with Gasteiger partial charge in [-0.2, -0.15) is 0 Å². The molecular weight excluding hydrogens is 374 g/mol. The minimum atomic E-state index is -0.761. The minimum Gasteiger partial charge on any atom is -0.481 e. The highest BCUT2D eigenvalue weighted by atomic mass is 16.5. The maximum atomic E-state index is 12.1. The molecule has 164 valence electrons. The van der Waals surface area contributed by atoms with Crippen molar-refractivity contribution < 1.29 is 24.2 Å². The predicted molar refractivity (Wildman–Crippen MR) is 109 cm³/mol. The Morgan fingerprint density at radius 1 is 1.03 bits per heavy atom. The van der Waals surface area contributed by atoms with Crippen LogP contribution in [0.15, 0.2) is 12.2 Å². The Bertz CT molecular complexity index is 581. The second-order valence-electron chi connectivity index (χ2n) is 7.88. The second-order valence-corrected chi connectivity index (χ2v) is 7.88. The molecule has 2 aliphatic heterocycles. The van der Waals surface area contributed by atoms with Gasteiger partial charge in [0.15, 0.2) is 0 Å². The summed E-state index contributed by atoms with van der Waals surface area (Å²) in [6, 6.07) is -0.317. The topological polar surface area (TPSA) is 117 Å². The van der Waals surface area contributed by atoms with Crippen LogP contribution in [0, 0.1) is 11.8 Å². The van der Waals surface area contributed by atoms with Crippen molar-refractivity contribution in [3.8, 4) is 0 Å². The summed E-state index contributed by atoms with van der Waals surface area (Å²) < 4.78 is 6.05. The average Bonchev–Trinajstić information content (AvgIpc) is 3.29. The molecule has 29 heavy (non-hydrogen) atoms. The largest absolute Gasteiger partial charge is 0.481 e. The zero-order valence-corrected chi connectivity index (χ0v) is 17.3. The molecular formula is C21H35N3O5. The van der Waals surface area contributed by atoms with Crippen molar-refractivity contribution in [2.24, 2.45) is 11.8 Å². The first-order valence-electron chi connectivity index (χ1n) is 10.8. The number of urea groups is 1. The van der Waals surface area contributed by atoms with Gasteiger partial charge in [-0.25, -0.2) is 4.79 Å². The average molecular weight is 410 g/mol. The van der Waals surface area contributed by atoms with Crippen molar-refractivity contribution in [1.82, 2.24) is 16.0 Å². The third-order valence-electron chi connectivity index (χ3n) is 5.69. The molecule has 2 aliphatic rings. The predicted octanol–water partition coefficient (Wildman–Crippen LogP) is 2.20. The summed E-state index contributed by atoms with van der Waals surface area (Å²) in [5, 5.41) is 16.9. The van der Waals surface area contributed by atoms with E-state index < -0.39 is 5.97 Å². The lowest BCUT2D eigenvalue weighted by molar-refractivity contribution is -0.137. The molecule has 0 radical (unpaired) electrons. The van der Waals surface area contributed by atoms with Gasteiger partial charge in [-0.05, 0) is 44.4 Å². The van der Waals surface area contributed by atoms with Gasteiger partial charge in [0, 0.05) is 25.4 Å². The van der Waals surface area contributed by atoms with Crippen LogP contribution in [-0.2, 0) is 14.3 Å². The molecule has 2 saturated heterocycles. The molecule has 1 unspecified atom stereocenters. The van der Waals surface area contributed by atoms with Crippen LogP contribution in [-0.4, -0.2) is 54.9 Å². The number of hydrogen-bond donors (Lipinski definition) is 4. The molecule has 8 nitrogen and oxygen atoms in total. The number of amides is 3. The van der Waals surface area contributed by atoms with Gasteiger partial charge < -0.3 is 25.8 Å². The van der Waals surface area contributed by atoms with E-state index in [1.54, 1.807) is 0 Å². The van der Waals surface area contributed by atoms with E-state index >= 15 is 0 Å². The molecule has 2 bridgehead atoms. The van der Waals surface area contributed by atoms with Crippen molar-refractivity contribution in [3.63, 3.8) is 0 Å². The monoisotopic (exact) mass is 409 g/mol. The van der Waals surface area contributed by atoms with Gasteiger partial charge in [-0.15, -0.1) is 0 Å². The van der Waals surface area contributed by atoms with Crippen molar-refractivity contribution >= 4 is 17.9 Å². The summed E-state index contributed by atoms with van der Waals surface area (Å²) in [6.07, 6.45) is 11.1. The van der Waals surface area contributed by atoms with Gasteiger partial charge >= 0.3 is 12.0 Å². The second kappa shape index (κ2) is 12.5. The lowest BCUT2D eigenvalue weighted by atomic mass is 9.77. The third-order valence-corrected chi connectivity index (χ3v) is 5.69. The van der Waals surface area contributed by atoms with Gasteiger partial charge in [0.05, 0.1) is 18.8 Å². The van der Waals surface area contributed by atoms with E-state index in [4.69, 9.17) is 9.84 Å². The summed E-state index contributed by atoms with van der Waals surface area (Å²) in [7, 11) is 0. The highest BCUT2D eigenvalue weighted by Gasteiger charge is 2.47. The van der Waals surface area contributed by atoms with Crippen molar-refractivity contribution in [2.75, 3.05) is 19.6 Å². The lowest BCUT2D eigenvalue weighted by Gasteiger charge is -2.27. The summed E-state index contributed by atoms with van der Waals surface area (Å²) in [5.74, 6) is -0.306. The van der Waals surface area contributed by atoms with Crippen molar-refractivity contribution in [1.29, 1.82) is 0 Å². The fourth-order valence-electron chi connectivity index (χ4n) is 4.12. The number of allylic oxidation sites excluding steroid dienone is 2. The maximum absolute atomic E-state index is 12.1. The molecule has 2 heterocycles. The lowest BCUT2D eigenvalue weighted by Crippen LogP contribution is -2.44. The molecule has 0 aromatic rings. The van der Waals surface area contributed by atoms with E-state index in [1.165, 1.54) is 0 Å². The zero-order chi connectivity index (χ0) is 21.1. The van der Waals surface area contributed by atoms with Crippen LogP contribution in [0.2, 0.25) is 0 Å². The van der Waals surface area contributed by atoms with Crippen LogP contribution in [0.5, 0.6) is 0 Å². The highest BCUT2D eigenvalue weighted by molar-refractivity contribution is 5.83. The van der Waals surface area contributed by atoms with Gasteiger partial charge in [0.25, 0.3) is 0 Å². The number of carboxylic acid groups (broad SMARTS) is 1. The summed E-state index contributed by atoms with van der Waals surface area (Å²) in [4.78, 5) is 34.2. The molecule has 0 aromatic carbocycles. The maximum Gasteiger partial charge on any atom is 0.315 e. The number of hydrogen-bond acceptors (Lipinski definition) is 4. The Kier molecular flexibility index (Phi) is 9.97. The molecule has 0 saturated carbocycles. The summed E-state index contributed by atoms with van der Waals surface area (Å²) in [6.45, 7) is 3.18. The number of carbonyl (C=O) groups excluding carboxylic acids is 2. The van der Waals surface area contributed by atoms with E-state index in [0.29, 0.717) is 25.4 Å². The molecule has 3 amide bonds. The van der Waals surface area contributed by atoms with Crippen molar-refractivity contribution in [2.45, 2.75) is 70.5 Å². The number of ether oxygens (including phenoxy) is 1. The molecule has 2 fully saturated rings. The standard InChI is InChI=1S/C21H35N3O5/c1-2-3-12-22-21(28)24-14-19(25)23-13-16-15(17-10-11-18(16)29-17)8-6-4-5-7-9-20(26)27/h4,6,15-18H,2-3,5,7-14H2,1H3,(H,23,25)(H,26,27)(H2,22,24,28)/b6-4-/t15-,16?,17+,18-/m1/s1.